The van der Waals surface area contributed by atoms with Gasteiger partial charge in [-0.05, 0) is 37.8 Å². The van der Waals surface area contributed by atoms with Crippen LogP contribution < -0.4 is 4.90 Å². The van der Waals surface area contributed by atoms with Gasteiger partial charge >= 0.3 is 0 Å². The van der Waals surface area contributed by atoms with Crippen LogP contribution in [-0.4, -0.2) is 80.9 Å². The topological polar surface area (TPSA) is 113 Å². The quantitative estimate of drug-likeness (QED) is 0.474. The molecule has 11 heteroatoms. The molecule has 4 rings (SSSR count). The first kappa shape index (κ1) is 22.0. The van der Waals surface area contributed by atoms with Crippen molar-refractivity contribution in [1.82, 2.24) is 9.21 Å². The van der Waals surface area contributed by atoms with E-state index in [1.807, 2.05) is 16.8 Å². The van der Waals surface area contributed by atoms with Crippen LogP contribution >= 0.6 is 0 Å². The molecule has 1 aromatic carbocycles. The SMILES string of the molecule is CN(C(=O)C1CCN(c2ccc(S(=O)(=O)N3CCOCC3)cc2[N+](=O)[O-])CC1)C1CC1. The minimum absolute atomic E-state index is 0.0677. The third-order valence-electron chi connectivity index (χ3n) is 6.38. The van der Waals surface area contributed by atoms with Crippen molar-refractivity contribution in [2.24, 2.45) is 5.92 Å². The van der Waals surface area contributed by atoms with E-state index in [-0.39, 0.29) is 35.5 Å². The van der Waals surface area contributed by atoms with Gasteiger partial charge in [0.05, 0.1) is 23.0 Å². The Morgan fingerprint density at radius 3 is 2.35 bits per heavy atom. The molecule has 170 valence electrons. The van der Waals surface area contributed by atoms with Gasteiger partial charge < -0.3 is 14.5 Å². The fourth-order valence-electron chi connectivity index (χ4n) is 4.31. The molecule has 1 saturated carbocycles. The van der Waals surface area contributed by atoms with Crippen LogP contribution in [0.2, 0.25) is 0 Å². The van der Waals surface area contributed by atoms with Crippen LogP contribution in [-0.2, 0) is 19.6 Å². The molecule has 2 aliphatic heterocycles. The van der Waals surface area contributed by atoms with Crippen molar-refractivity contribution in [3.05, 3.63) is 28.3 Å². The second kappa shape index (κ2) is 8.71. The molecule has 0 radical (unpaired) electrons. The summed E-state index contributed by atoms with van der Waals surface area (Å²) in [7, 11) is -1.97. The number of hydrogen-bond donors (Lipinski definition) is 0. The highest BCUT2D eigenvalue weighted by molar-refractivity contribution is 7.89. The second-order valence-corrected chi connectivity index (χ2v) is 10.3. The van der Waals surface area contributed by atoms with Crippen LogP contribution in [0.4, 0.5) is 11.4 Å². The van der Waals surface area contributed by atoms with Crippen LogP contribution in [0.5, 0.6) is 0 Å². The molecule has 0 unspecified atom stereocenters. The Morgan fingerprint density at radius 1 is 1.13 bits per heavy atom. The van der Waals surface area contributed by atoms with E-state index in [1.165, 1.54) is 16.4 Å². The highest BCUT2D eigenvalue weighted by Crippen LogP contribution is 2.35. The van der Waals surface area contributed by atoms with Gasteiger partial charge in [0.15, 0.2) is 0 Å². The van der Waals surface area contributed by atoms with Gasteiger partial charge in [-0.15, -0.1) is 0 Å². The summed E-state index contributed by atoms with van der Waals surface area (Å²) < 4.78 is 32.3. The van der Waals surface area contributed by atoms with E-state index in [9.17, 15) is 23.3 Å². The maximum atomic E-state index is 12.9. The van der Waals surface area contributed by atoms with Crippen molar-refractivity contribution in [2.45, 2.75) is 36.6 Å². The largest absolute Gasteiger partial charge is 0.379 e. The van der Waals surface area contributed by atoms with E-state index in [0.717, 1.165) is 18.9 Å². The van der Waals surface area contributed by atoms with Crippen molar-refractivity contribution in [1.29, 1.82) is 0 Å². The number of benzene rings is 1. The molecule has 0 atom stereocenters. The molecule has 31 heavy (non-hydrogen) atoms. The summed E-state index contributed by atoms with van der Waals surface area (Å²) in [5, 5.41) is 11.8. The molecule has 10 nitrogen and oxygen atoms in total. The van der Waals surface area contributed by atoms with Crippen molar-refractivity contribution in [3.8, 4) is 0 Å². The summed E-state index contributed by atoms with van der Waals surface area (Å²) in [4.78, 5) is 27.5. The van der Waals surface area contributed by atoms with Gasteiger partial charge in [-0.3, -0.25) is 14.9 Å². The average Bonchev–Trinajstić information content (AvgIpc) is 3.64. The van der Waals surface area contributed by atoms with Crippen LogP contribution in [0.15, 0.2) is 23.1 Å². The Hall–Kier alpha value is -2.24. The second-order valence-electron chi connectivity index (χ2n) is 8.37. The maximum Gasteiger partial charge on any atom is 0.293 e. The molecule has 2 saturated heterocycles. The molecule has 3 aliphatic rings. The molecule has 0 N–H and O–H groups in total. The highest BCUT2D eigenvalue weighted by Gasteiger charge is 2.36. The lowest BCUT2D eigenvalue weighted by atomic mass is 9.94. The van der Waals surface area contributed by atoms with Gasteiger partial charge in [0.1, 0.15) is 5.69 Å². The number of carbonyl (C=O) groups excluding carboxylic acids is 1. The van der Waals surface area contributed by atoms with E-state index in [0.29, 0.717) is 50.9 Å². The monoisotopic (exact) mass is 452 g/mol. The number of ether oxygens (including phenoxy) is 1. The minimum atomic E-state index is -3.82. The predicted molar refractivity (Wildman–Crippen MR) is 113 cm³/mol. The van der Waals surface area contributed by atoms with Crippen molar-refractivity contribution in [3.63, 3.8) is 0 Å². The number of piperidine rings is 1. The highest BCUT2D eigenvalue weighted by atomic mass is 32.2. The van der Waals surface area contributed by atoms with Gasteiger partial charge in [0.25, 0.3) is 5.69 Å². The molecule has 3 fully saturated rings. The van der Waals surface area contributed by atoms with Gasteiger partial charge in [-0.2, -0.15) is 4.31 Å². The average molecular weight is 453 g/mol. The number of nitrogens with zero attached hydrogens (tertiary/aromatic N) is 4. The number of carbonyl (C=O) groups is 1. The zero-order valence-corrected chi connectivity index (χ0v) is 18.4. The number of morpholine rings is 1. The molecular formula is C20H28N4O6S. The van der Waals surface area contributed by atoms with Crippen LogP contribution in [0.25, 0.3) is 0 Å². The number of nitro benzene ring substituents is 1. The first-order valence-corrected chi connectivity index (χ1v) is 12.1. The number of amides is 1. The molecular weight excluding hydrogens is 424 g/mol. The van der Waals surface area contributed by atoms with Crippen LogP contribution in [0.3, 0.4) is 0 Å². The van der Waals surface area contributed by atoms with Crippen LogP contribution in [0.1, 0.15) is 25.7 Å². The van der Waals surface area contributed by atoms with Crippen molar-refractivity contribution >= 4 is 27.3 Å². The molecule has 1 aromatic rings. The van der Waals surface area contributed by atoms with E-state index in [4.69, 9.17) is 4.74 Å². The first-order valence-electron chi connectivity index (χ1n) is 10.7. The Labute approximate surface area is 181 Å². The zero-order chi connectivity index (χ0) is 22.2. The standard InChI is InChI=1S/C20H28N4O6S/c1-21(16-2-3-16)20(25)15-6-8-22(9-7-15)18-5-4-17(14-19(18)24(26)27)31(28,29)23-10-12-30-13-11-23/h4-5,14-16H,2-3,6-13H2,1H3. The van der Waals surface area contributed by atoms with Gasteiger partial charge in [-0.25, -0.2) is 8.42 Å². The molecule has 0 aromatic heterocycles. The molecule has 2 heterocycles. The first-order chi connectivity index (χ1) is 14.8. The summed E-state index contributed by atoms with van der Waals surface area (Å²) in [6.45, 7) is 2.12. The van der Waals surface area contributed by atoms with E-state index >= 15 is 0 Å². The Morgan fingerprint density at radius 2 is 1.77 bits per heavy atom. The zero-order valence-electron chi connectivity index (χ0n) is 17.6. The molecule has 1 aliphatic carbocycles. The number of nitro groups is 1. The van der Waals surface area contributed by atoms with E-state index < -0.39 is 14.9 Å². The third-order valence-corrected chi connectivity index (χ3v) is 8.27. The molecule has 0 bridgehead atoms. The lowest BCUT2D eigenvalue weighted by Crippen LogP contribution is -2.42. The lowest BCUT2D eigenvalue weighted by molar-refractivity contribution is -0.384. The number of sulfonamides is 1. The number of rotatable bonds is 6. The normalized spacial score (nSPS) is 21.1. The summed E-state index contributed by atoms with van der Waals surface area (Å²) in [6, 6.07) is 4.47. The fraction of sp³-hybridized carbons (Fsp3) is 0.650. The smallest absolute Gasteiger partial charge is 0.293 e. The molecule has 0 spiro atoms. The van der Waals surface area contributed by atoms with Gasteiger partial charge in [-0.1, -0.05) is 0 Å². The number of hydrogen-bond acceptors (Lipinski definition) is 7. The van der Waals surface area contributed by atoms with E-state index in [1.54, 1.807) is 0 Å². The Kier molecular flexibility index (Phi) is 6.18. The summed E-state index contributed by atoms with van der Waals surface area (Å²) >= 11 is 0. The van der Waals surface area contributed by atoms with Crippen molar-refractivity contribution < 1.29 is 22.9 Å². The van der Waals surface area contributed by atoms with Gasteiger partial charge in [0.2, 0.25) is 15.9 Å². The van der Waals surface area contributed by atoms with Gasteiger partial charge in [0, 0.05) is 51.3 Å². The van der Waals surface area contributed by atoms with Crippen LogP contribution in [0, 0.1) is 16.0 Å². The Balaban J connectivity index is 1.50. The fourth-order valence-corrected chi connectivity index (χ4v) is 5.74. The Bertz CT molecular complexity index is 950. The summed E-state index contributed by atoms with van der Waals surface area (Å²) in [6.07, 6.45) is 3.38. The number of anilines is 1. The lowest BCUT2D eigenvalue weighted by Gasteiger charge is -2.34. The maximum absolute atomic E-state index is 12.9. The molecule has 1 amide bonds. The van der Waals surface area contributed by atoms with E-state index in [2.05, 4.69) is 0 Å². The minimum Gasteiger partial charge on any atom is -0.379 e. The predicted octanol–water partition coefficient (Wildman–Crippen LogP) is 1.45. The summed E-state index contributed by atoms with van der Waals surface area (Å²) in [5.41, 5.74) is 0.168. The van der Waals surface area contributed by atoms with Crippen molar-refractivity contribution in [2.75, 3.05) is 51.3 Å². The third kappa shape index (κ3) is 4.53. The summed E-state index contributed by atoms with van der Waals surface area (Å²) in [5.74, 6) is 0.0884.